The van der Waals surface area contributed by atoms with Crippen molar-refractivity contribution in [1.82, 2.24) is 15.3 Å². The fourth-order valence-electron chi connectivity index (χ4n) is 1.44. The van der Waals surface area contributed by atoms with Crippen molar-refractivity contribution < 1.29 is 0 Å². The molecule has 3 heteroatoms. The predicted octanol–water partition coefficient (Wildman–Crippen LogP) is 2.07. The number of aromatic nitrogens is 2. The van der Waals surface area contributed by atoms with Gasteiger partial charge in [0.15, 0.2) is 0 Å². The van der Waals surface area contributed by atoms with Gasteiger partial charge in [0.2, 0.25) is 0 Å². The number of aryl methyl sites for hydroxylation is 1. The second-order valence-corrected chi connectivity index (χ2v) is 3.79. The van der Waals surface area contributed by atoms with Gasteiger partial charge in [-0.25, -0.2) is 0 Å². The number of hydrogen-bond acceptors (Lipinski definition) is 3. The summed E-state index contributed by atoms with van der Waals surface area (Å²) in [5, 5.41) is 3.35. The number of nitrogens with one attached hydrogen (secondary N) is 1. The molecule has 82 valence electrons. The number of nitrogens with zero attached hydrogens (tertiary/aromatic N) is 2. The lowest BCUT2D eigenvalue weighted by Gasteiger charge is -2.04. The van der Waals surface area contributed by atoms with Crippen LogP contribution in [-0.4, -0.2) is 9.97 Å². The molecule has 0 aliphatic heterocycles. The first-order valence-electron chi connectivity index (χ1n) is 5.36. The third kappa shape index (κ3) is 3.14. The lowest BCUT2D eigenvalue weighted by Crippen LogP contribution is -2.13. The van der Waals surface area contributed by atoms with E-state index >= 15 is 0 Å². The van der Waals surface area contributed by atoms with Crippen LogP contribution in [0.3, 0.4) is 0 Å². The summed E-state index contributed by atoms with van der Waals surface area (Å²) in [6, 6.07) is 8.15. The molecule has 0 spiro atoms. The zero-order valence-corrected chi connectivity index (χ0v) is 9.35. The van der Waals surface area contributed by atoms with E-state index in [1.165, 1.54) is 11.1 Å². The van der Waals surface area contributed by atoms with Crippen LogP contribution in [0, 0.1) is 6.92 Å². The highest BCUT2D eigenvalue weighted by Crippen LogP contribution is 1.99. The second kappa shape index (κ2) is 5.37. The van der Waals surface area contributed by atoms with Gasteiger partial charge in [-0.2, -0.15) is 0 Å². The zero-order chi connectivity index (χ0) is 11.2. The largest absolute Gasteiger partial charge is 0.307 e. The van der Waals surface area contributed by atoms with Crippen molar-refractivity contribution in [1.29, 1.82) is 0 Å². The molecule has 0 atom stereocenters. The molecule has 0 bridgehead atoms. The summed E-state index contributed by atoms with van der Waals surface area (Å²) in [6.07, 6.45) is 5.51. The number of pyridine rings is 2. The smallest absolute Gasteiger partial charge is 0.0541 e. The Morgan fingerprint density at radius 2 is 1.88 bits per heavy atom. The molecule has 0 aromatic carbocycles. The molecular formula is C13H15N3. The molecule has 0 aliphatic carbocycles. The maximum Gasteiger partial charge on any atom is 0.0541 e. The van der Waals surface area contributed by atoms with Crippen LogP contribution in [0.2, 0.25) is 0 Å². The summed E-state index contributed by atoms with van der Waals surface area (Å²) in [6.45, 7) is 3.68. The van der Waals surface area contributed by atoms with Crippen molar-refractivity contribution in [3.05, 3.63) is 59.7 Å². The van der Waals surface area contributed by atoms with E-state index in [0.717, 1.165) is 18.8 Å². The van der Waals surface area contributed by atoms with Gasteiger partial charge in [0.05, 0.1) is 5.69 Å². The van der Waals surface area contributed by atoms with Gasteiger partial charge in [0, 0.05) is 31.7 Å². The Kier molecular flexibility index (Phi) is 3.62. The van der Waals surface area contributed by atoms with E-state index < -0.39 is 0 Å². The Balaban J connectivity index is 1.82. The predicted molar refractivity (Wildman–Crippen MR) is 63.8 cm³/mol. The summed E-state index contributed by atoms with van der Waals surface area (Å²) in [4.78, 5) is 8.32. The first kappa shape index (κ1) is 10.8. The maximum atomic E-state index is 4.33. The average Bonchev–Trinajstić information content (AvgIpc) is 2.33. The summed E-state index contributed by atoms with van der Waals surface area (Å²) in [5.74, 6) is 0. The Hall–Kier alpha value is -1.74. The van der Waals surface area contributed by atoms with Crippen molar-refractivity contribution in [3.63, 3.8) is 0 Å². The van der Waals surface area contributed by atoms with Crippen molar-refractivity contribution in [3.8, 4) is 0 Å². The van der Waals surface area contributed by atoms with Gasteiger partial charge in [0.25, 0.3) is 0 Å². The average molecular weight is 213 g/mol. The normalized spacial score (nSPS) is 10.3. The molecule has 1 N–H and O–H groups in total. The second-order valence-electron chi connectivity index (χ2n) is 3.79. The molecular weight excluding hydrogens is 198 g/mol. The lowest BCUT2D eigenvalue weighted by atomic mass is 10.2. The lowest BCUT2D eigenvalue weighted by molar-refractivity contribution is 0.679. The van der Waals surface area contributed by atoms with Crippen LogP contribution in [0.1, 0.15) is 16.8 Å². The van der Waals surface area contributed by atoms with Gasteiger partial charge >= 0.3 is 0 Å². The maximum absolute atomic E-state index is 4.33. The Labute approximate surface area is 95.6 Å². The Morgan fingerprint density at radius 3 is 2.56 bits per heavy atom. The van der Waals surface area contributed by atoms with Crippen LogP contribution in [0.4, 0.5) is 0 Å². The molecule has 0 saturated carbocycles. The van der Waals surface area contributed by atoms with E-state index in [4.69, 9.17) is 0 Å². The highest BCUT2D eigenvalue weighted by Gasteiger charge is 1.94. The molecule has 16 heavy (non-hydrogen) atoms. The Bertz CT molecular complexity index is 423. The highest BCUT2D eigenvalue weighted by atomic mass is 14.9. The van der Waals surface area contributed by atoms with Gasteiger partial charge in [-0.3, -0.25) is 9.97 Å². The first-order chi connectivity index (χ1) is 7.84. The molecule has 0 unspecified atom stereocenters. The van der Waals surface area contributed by atoms with Gasteiger partial charge in [-0.15, -0.1) is 0 Å². The first-order valence-corrected chi connectivity index (χ1v) is 5.36. The van der Waals surface area contributed by atoms with Gasteiger partial charge in [-0.05, 0) is 36.2 Å². The molecule has 0 aliphatic rings. The van der Waals surface area contributed by atoms with E-state index in [2.05, 4.69) is 27.4 Å². The standard InChI is InChI=1S/C13H15N3/c1-11-2-3-13(16-8-11)10-15-9-12-4-6-14-7-5-12/h2-8,15H,9-10H2,1H3. The molecule has 2 rings (SSSR count). The van der Waals surface area contributed by atoms with Gasteiger partial charge in [0.1, 0.15) is 0 Å². The topological polar surface area (TPSA) is 37.8 Å². The monoisotopic (exact) mass is 213 g/mol. The third-order valence-electron chi connectivity index (χ3n) is 2.36. The summed E-state index contributed by atoms with van der Waals surface area (Å²) in [5.41, 5.74) is 3.50. The fourth-order valence-corrected chi connectivity index (χ4v) is 1.44. The molecule has 2 aromatic heterocycles. The third-order valence-corrected chi connectivity index (χ3v) is 2.36. The van der Waals surface area contributed by atoms with E-state index in [0.29, 0.717) is 0 Å². The molecule has 2 heterocycles. The van der Waals surface area contributed by atoms with E-state index in [-0.39, 0.29) is 0 Å². The highest BCUT2D eigenvalue weighted by molar-refractivity contribution is 5.13. The zero-order valence-electron chi connectivity index (χ0n) is 9.35. The SMILES string of the molecule is Cc1ccc(CNCc2ccncc2)nc1. The van der Waals surface area contributed by atoms with Crippen LogP contribution in [0.5, 0.6) is 0 Å². The van der Waals surface area contributed by atoms with Gasteiger partial charge in [-0.1, -0.05) is 6.07 Å². The molecule has 0 radical (unpaired) electrons. The van der Waals surface area contributed by atoms with E-state index in [1.807, 2.05) is 25.3 Å². The molecule has 0 saturated heterocycles. The fraction of sp³-hybridized carbons (Fsp3) is 0.231. The molecule has 2 aromatic rings. The van der Waals surface area contributed by atoms with E-state index in [1.54, 1.807) is 12.4 Å². The number of hydrogen-bond donors (Lipinski definition) is 1. The minimum absolute atomic E-state index is 0.794. The Morgan fingerprint density at radius 1 is 1.06 bits per heavy atom. The molecule has 3 nitrogen and oxygen atoms in total. The minimum atomic E-state index is 0.794. The van der Waals surface area contributed by atoms with Crippen molar-refractivity contribution in [2.45, 2.75) is 20.0 Å². The van der Waals surface area contributed by atoms with Crippen LogP contribution < -0.4 is 5.32 Å². The summed E-state index contributed by atoms with van der Waals surface area (Å²) < 4.78 is 0. The van der Waals surface area contributed by atoms with Crippen LogP contribution in [0.15, 0.2) is 42.9 Å². The quantitative estimate of drug-likeness (QED) is 0.845. The van der Waals surface area contributed by atoms with Crippen molar-refractivity contribution in [2.24, 2.45) is 0 Å². The van der Waals surface area contributed by atoms with Crippen LogP contribution in [0.25, 0.3) is 0 Å². The van der Waals surface area contributed by atoms with Crippen molar-refractivity contribution >= 4 is 0 Å². The van der Waals surface area contributed by atoms with Crippen molar-refractivity contribution in [2.75, 3.05) is 0 Å². The molecule has 0 amide bonds. The van der Waals surface area contributed by atoms with Crippen LogP contribution in [-0.2, 0) is 13.1 Å². The van der Waals surface area contributed by atoms with E-state index in [9.17, 15) is 0 Å². The summed E-state index contributed by atoms with van der Waals surface area (Å²) in [7, 11) is 0. The minimum Gasteiger partial charge on any atom is -0.307 e. The van der Waals surface area contributed by atoms with Crippen LogP contribution >= 0.6 is 0 Å². The number of rotatable bonds is 4. The summed E-state index contributed by atoms with van der Waals surface area (Å²) >= 11 is 0. The van der Waals surface area contributed by atoms with Gasteiger partial charge < -0.3 is 5.32 Å². The molecule has 0 fully saturated rings.